The van der Waals surface area contributed by atoms with Crippen molar-refractivity contribution in [3.63, 3.8) is 0 Å². The van der Waals surface area contributed by atoms with Crippen LogP contribution in [0.3, 0.4) is 0 Å². The fraction of sp³-hybridized carbons (Fsp3) is 0.211. The van der Waals surface area contributed by atoms with Gasteiger partial charge >= 0.3 is 0 Å². The summed E-state index contributed by atoms with van der Waals surface area (Å²) in [7, 11) is -3.60. The number of allylic oxidation sites excluding steroid dienone is 1. The number of rotatable bonds is 4. The number of sulfonamides is 1. The summed E-state index contributed by atoms with van der Waals surface area (Å²) in [6.07, 6.45) is 6.06. The monoisotopic (exact) mass is 338 g/mol. The molecule has 2 aliphatic carbocycles. The molecule has 2 aromatic rings. The Morgan fingerprint density at radius 3 is 2.62 bits per heavy atom. The smallest absolute Gasteiger partial charge is 0.200 e. The summed E-state index contributed by atoms with van der Waals surface area (Å²) in [5.41, 5.74) is 3.59. The van der Waals surface area contributed by atoms with Crippen LogP contribution in [0.2, 0.25) is 0 Å². The highest BCUT2D eigenvalue weighted by Crippen LogP contribution is 2.57. The SMILES string of the molecule is Cc1ccc(S(=O)(=O)N/N=C/C2C3C=Cc4ccccc4C32)cc1. The molecule has 0 bridgehead atoms. The predicted molar refractivity (Wildman–Crippen MR) is 95.2 cm³/mol. The first-order chi connectivity index (χ1) is 11.6. The molecule has 0 aliphatic heterocycles. The van der Waals surface area contributed by atoms with Gasteiger partial charge in [0.25, 0.3) is 10.0 Å². The number of aryl methyl sites for hydroxylation is 1. The highest BCUT2D eigenvalue weighted by molar-refractivity contribution is 7.89. The van der Waals surface area contributed by atoms with Gasteiger partial charge in [0.15, 0.2) is 0 Å². The van der Waals surface area contributed by atoms with Crippen molar-refractivity contribution >= 4 is 22.3 Å². The molecule has 3 unspecified atom stereocenters. The molecule has 0 aromatic heterocycles. The zero-order chi connectivity index (χ0) is 16.7. The van der Waals surface area contributed by atoms with Gasteiger partial charge in [-0.15, -0.1) is 0 Å². The molecule has 5 heteroatoms. The first kappa shape index (κ1) is 15.1. The van der Waals surface area contributed by atoms with Crippen LogP contribution in [-0.2, 0) is 10.0 Å². The minimum atomic E-state index is -3.60. The maximum Gasteiger partial charge on any atom is 0.276 e. The van der Waals surface area contributed by atoms with E-state index in [2.05, 4.69) is 34.2 Å². The Morgan fingerprint density at radius 1 is 1.08 bits per heavy atom. The van der Waals surface area contributed by atoms with Crippen molar-refractivity contribution in [2.45, 2.75) is 17.7 Å². The number of hydrazone groups is 1. The lowest BCUT2D eigenvalue weighted by Gasteiger charge is -2.07. The number of benzene rings is 2. The van der Waals surface area contributed by atoms with Gasteiger partial charge in [0.2, 0.25) is 0 Å². The molecule has 2 aliphatic rings. The van der Waals surface area contributed by atoms with Crippen molar-refractivity contribution in [3.05, 3.63) is 71.3 Å². The van der Waals surface area contributed by atoms with Crippen LogP contribution in [0.4, 0.5) is 0 Å². The third-order valence-electron chi connectivity index (χ3n) is 4.74. The average Bonchev–Trinajstić information content (AvgIpc) is 3.29. The second-order valence-electron chi connectivity index (χ2n) is 6.35. The lowest BCUT2D eigenvalue weighted by molar-refractivity contribution is 0.584. The molecule has 0 saturated heterocycles. The Balaban J connectivity index is 1.46. The van der Waals surface area contributed by atoms with E-state index in [1.165, 1.54) is 11.1 Å². The van der Waals surface area contributed by atoms with Gasteiger partial charge in [-0.05, 0) is 42.0 Å². The first-order valence-corrected chi connectivity index (χ1v) is 9.43. The molecule has 0 radical (unpaired) electrons. The number of hydrogen-bond acceptors (Lipinski definition) is 3. The van der Waals surface area contributed by atoms with Crippen LogP contribution in [-0.4, -0.2) is 14.6 Å². The maximum absolute atomic E-state index is 12.2. The van der Waals surface area contributed by atoms with Crippen molar-refractivity contribution in [1.29, 1.82) is 0 Å². The highest BCUT2D eigenvalue weighted by Gasteiger charge is 2.50. The first-order valence-electron chi connectivity index (χ1n) is 7.95. The van der Waals surface area contributed by atoms with Crippen LogP contribution < -0.4 is 4.83 Å². The Morgan fingerprint density at radius 2 is 1.83 bits per heavy atom. The normalized spacial score (nSPS) is 24.5. The largest absolute Gasteiger partial charge is 0.276 e. The van der Waals surface area contributed by atoms with E-state index in [1.807, 2.05) is 19.1 Å². The Kier molecular flexibility index (Phi) is 3.53. The van der Waals surface area contributed by atoms with Crippen LogP contribution in [0.25, 0.3) is 6.08 Å². The van der Waals surface area contributed by atoms with Gasteiger partial charge in [-0.2, -0.15) is 13.5 Å². The van der Waals surface area contributed by atoms with E-state index in [1.54, 1.807) is 30.5 Å². The average molecular weight is 338 g/mol. The molecule has 0 heterocycles. The molecular formula is C19H18N2O2S. The highest BCUT2D eigenvalue weighted by atomic mass is 32.2. The van der Waals surface area contributed by atoms with Gasteiger partial charge in [0.1, 0.15) is 0 Å². The topological polar surface area (TPSA) is 58.5 Å². The second kappa shape index (κ2) is 5.60. The Labute approximate surface area is 142 Å². The van der Waals surface area contributed by atoms with E-state index in [0.29, 0.717) is 11.8 Å². The van der Waals surface area contributed by atoms with Crippen LogP contribution in [0.5, 0.6) is 0 Å². The maximum atomic E-state index is 12.2. The van der Waals surface area contributed by atoms with Crippen molar-refractivity contribution in [1.82, 2.24) is 4.83 Å². The fourth-order valence-corrected chi connectivity index (χ4v) is 4.15. The molecule has 1 fully saturated rings. The van der Waals surface area contributed by atoms with E-state index in [0.717, 1.165) is 5.56 Å². The summed E-state index contributed by atoms with van der Waals surface area (Å²) in [4.78, 5) is 2.54. The Bertz CT molecular complexity index is 930. The van der Waals surface area contributed by atoms with Gasteiger partial charge in [0.05, 0.1) is 4.90 Å². The van der Waals surface area contributed by atoms with E-state index in [9.17, 15) is 8.42 Å². The molecule has 2 aromatic carbocycles. The molecule has 24 heavy (non-hydrogen) atoms. The van der Waals surface area contributed by atoms with Crippen molar-refractivity contribution in [3.8, 4) is 0 Å². The zero-order valence-corrected chi connectivity index (χ0v) is 14.1. The Hall–Kier alpha value is -2.40. The molecule has 1 N–H and O–H groups in total. The predicted octanol–water partition coefficient (Wildman–Crippen LogP) is 3.32. The zero-order valence-electron chi connectivity index (χ0n) is 13.3. The lowest BCUT2D eigenvalue weighted by Crippen LogP contribution is -2.18. The molecular weight excluding hydrogens is 320 g/mol. The third kappa shape index (κ3) is 2.65. The summed E-state index contributed by atoms with van der Waals surface area (Å²) in [6, 6.07) is 15.0. The molecule has 0 spiro atoms. The van der Waals surface area contributed by atoms with Crippen LogP contribution >= 0.6 is 0 Å². The number of nitrogens with zero attached hydrogens (tertiary/aromatic N) is 1. The number of fused-ring (bicyclic) bond motifs is 3. The summed E-state index contributed by atoms with van der Waals surface area (Å²) in [6.45, 7) is 1.92. The van der Waals surface area contributed by atoms with Crippen LogP contribution in [0.15, 0.2) is 64.6 Å². The van der Waals surface area contributed by atoms with Gasteiger partial charge < -0.3 is 0 Å². The molecule has 4 nitrogen and oxygen atoms in total. The second-order valence-corrected chi connectivity index (χ2v) is 8.02. The standard InChI is InChI=1S/C19H18N2O2S/c1-13-6-9-15(10-7-13)24(22,23)21-20-12-18-17-11-8-14-4-2-3-5-16(14)19(17)18/h2-12,17-19,21H,1H3/b20-12+. The van der Waals surface area contributed by atoms with Gasteiger partial charge in [-0.25, -0.2) is 4.83 Å². The fourth-order valence-electron chi connectivity index (χ4n) is 3.35. The molecule has 4 rings (SSSR count). The third-order valence-corrected chi connectivity index (χ3v) is 5.98. The van der Waals surface area contributed by atoms with Gasteiger partial charge in [-0.3, -0.25) is 0 Å². The number of hydrogen-bond donors (Lipinski definition) is 1. The summed E-state index contributed by atoms with van der Waals surface area (Å²) < 4.78 is 24.4. The van der Waals surface area contributed by atoms with Crippen molar-refractivity contribution in [2.75, 3.05) is 0 Å². The van der Waals surface area contributed by atoms with E-state index in [4.69, 9.17) is 0 Å². The minimum Gasteiger partial charge on any atom is -0.200 e. The van der Waals surface area contributed by atoms with Crippen LogP contribution in [0, 0.1) is 18.8 Å². The number of nitrogens with one attached hydrogen (secondary N) is 1. The van der Waals surface area contributed by atoms with E-state index >= 15 is 0 Å². The van der Waals surface area contributed by atoms with Gasteiger partial charge in [0, 0.05) is 12.1 Å². The van der Waals surface area contributed by atoms with Crippen molar-refractivity contribution in [2.24, 2.45) is 16.9 Å². The summed E-state index contributed by atoms with van der Waals surface area (Å²) >= 11 is 0. The summed E-state index contributed by atoms with van der Waals surface area (Å²) in [5.74, 6) is 1.09. The van der Waals surface area contributed by atoms with E-state index in [-0.39, 0.29) is 10.8 Å². The van der Waals surface area contributed by atoms with Gasteiger partial charge in [-0.1, -0.05) is 54.1 Å². The quantitative estimate of drug-likeness (QED) is 0.687. The molecule has 3 atom stereocenters. The molecule has 122 valence electrons. The minimum absolute atomic E-state index is 0.226. The van der Waals surface area contributed by atoms with E-state index < -0.39 is 10.0 Å². The van der Waals surface area contributed by atoms with Crippen molar-refractivity contribution < 1.29 is 8.42 Å². The lowest BCUT2D eigenvalue weighted by atomic mass is 9.97. The molecule has 1 saturated carbocycles. The van der Waals surface area contributed by atoms with Crippen LogP contribution in [0.1, 0.15) is 22.6 Å². The molecule has 0 amide bonds. The summed E-state index contributed by atoms with van der Waals surface area (Å²) in [5, 5.41) is 4.00.